The number of nitrogens with zero attached hydrogens (tertiary/aromatic N) is 5. The van der Waals surface area contributed by atoms with Crippen LogP contribution in [0.4, 0.5) is 18.9 Å². The van der Waals surface area contributed by atoms with Crippen LogP contribution in [0.15, 0.2) is 34.9 Å². The standard InChI is InChI=1S/C20H25F3N8O/c1-11(2)31-10-15(17(28-31)20(21,22)23)26-19(32)14-8-25-30-6-5-16(27-18(14)30)29-9-12-3-4-13(29)7-24-12/h5-6,10-13,24-25H,3-4,7-9H2,1-2H3,(H,26,32). The predicted octanol–water partition coefficient (Wildman–Crippen LogP) is 1.82. The largest absolute Gasteiger partial charge is 0.437 e. The molecule has 1 aromatic heterocycles. The third-order valence-electron chi connectivity index (χ3n) is 6.21. The fourth-order valence-corrected chi connectivity index (χ4v) is 4.48. The summed E-state index contributed by atoms with van der Waals surface area (Å²) in [7, 11) is 0. The van der Waals surface area contributed by atoms with Gasteiger partial charge in [0.05, 0.1) is 11.3 Å². The number of piperidine rings is 2. The number of hydrogen-bond donors (Lipinski definition) is 3. The van der Waals surface area contributed by atoms with Crippen LogP contribution in [0.5, 0.6) is 0 Å². The zero-order valence-electron chi connectivity index (χ0n) is 17.8. The van der Waals surface area contributed by atoms with Gasteiger partial charge in [-0.3, -0.25) is 14.5 Å². The monoisotopic (exact) mass is 450 g/mol. The predicted molar refractivity (Wildman–Crippen MR) is 111 cm³/mol. The van der Waals surface area contributed by atoms with E-state index in [9.17, 15) is 18.0 Å². The molecule has 0 aliphatic carbocycles. The lowest BCUT2D eigenvalue weighted by Gasteiger charge is -2.47. The lowest BCUT2D eigenvalue weighted by atomic mass is 9.93. The van der Waals surface area contributed by atoms with Crippen LogP contribution in [0, 0.1) is 0 Å². The van der Waals surface area contributed by atoms with E-state index in [2.05, 4.69) is 26.1 Å². The molecule has 3 fully saturated rings. The average Bonchev–Trinajstić information content (AvgIpc) is 3.38. The van der Waals surface area contributed by atoms with Crippen molar-refractivity contribution in [2.24, 2.45) is 4.99 Å². The summed E-state index contributed by atoms with van der Waals surface area (Å²) in [6.07, 6.45) is 2.44. The highest BCUT2D eigenvalue weighted by Crippen LogP contribution is 2.35. The molecule has 12 heteroatoms. The maximum absolute atomic E-state index is 13.5. The highest BCUT2D eigenvalue weighted by atomic mass is 19.4. The smallest absolute Gasteiger partial charge is 0.351 e. The molecule has 2 unspecified atom stereocenters. The van der Waals surface area contributed by atoms with Gasteiger partial charge in [-0.25, -0.2) is 10.4 Å². The minimum atomic E-state index is -4.68. The average molecular weight is 450 g/mol. The number of anilines is 1. The molecule has 6 rings (SSSR count). The minimum absolute atomic E-state index is 0.162. The maximum Gasteiger partial charge on any atom is 0.437 e. The highest BCUT2D eigenvalue weighted by molar-refractivity contribution is 6.06. The number of carbonyl (C=O) groups excluding carboxylic acids is 1. The van der Waals surface area contributed by atoms with E-state index in [0.29, 0.717) is 17.9 Å². The zero-order valence-corrected chi connectivity index (χ0v) is 17.8. The lowest BCUT2D eigenvalue weighted by Crippen LogP contribution is -2.62. The Morgan fingerprint density at radius 2 is 2.12 bits per heavy atom. The summed E-state index contributed by atoms with van der Waals surface area (Å²) in [6.45, 7) is 5.34. The molecule has 0 aromatic carbocycles. The van der Waals surface area contributed by atoms with Gasteiger partial charge in [0.1, 0.15) is 5.84 Å². The van der Waals surface area contributed by atoms with Gasteiger partial charge in [0.25, 0.3) is 5.91 Å². The number of nitrogens with one attached hydrogen (secondary N) is 3. The third kappa shape index (κ3) is 3.66. The van der Waals surface area contributed by atoms with Gasteiger partial charge in [-0.2, -0.15) is 18.3 Å². The SMILES string of the molecule is CC(C)n1cc(NC(=O)C2=C3N=C(N4CC5CCC4CN5)C=CN3NC2)c(C(F)(F)F)n1. The molecule has 172 valence electrons. The van der Waals surface area contributed by atoms with Crippen molar-refractivity contribution < 1.29 is 18.0 Å². The Balaban J connectivity index is 1.42. The Hall–Kier alpha value is -2.86. The summed E-state index contributed by atoms with van der Waals surface area (Å²) >= 11 is 0. The van der Waals surface area contributed by atoms with E-state index in [1.165, 1.54) is 10.9 Å². The molecule has 3 N–H and O–H groups in total. The van der Waals surface area contributed by atoms with Gasteiger partial charge in [0.2, 0.25) is 0 Å². The van der Waals surface area contributed by atoms with Gasteiger partial charge >= 0.3 is 6.18 Å². The van der Waals surface area contributed by atoms with Crippen molar-refractivity contribution in [2.45, 2.75) is 51.0 Å². The van der Waals surface area contributed by atoms with E-state index < -0.39 is 17.8 Å². The number of rotatable bonds is 3. The second-order valence-corrected chi connectivity index (χ2v) is 8.70. The lowest BCUT2D eigenvalue weighted by molar-refractivity contribution is -0.140. The summed E-state index contributed by atoms with van der Waals surface area (Å²) in [5.74, 6) is 0.535. The van der Waals surface area contributed by atoms with Crippen molar-refractivity contribution >= 4 is 17.4 Å². The summed E-state index contributed by atoms with van der Waals surface area (Å²) in [4.78, 5) is 19.9. The Morgan fingerprint density at radius 3 is 2.75 bits per heavy atom. The molecule has 5 aliphatic rings. The molecular formula is C20H25F3N8O. The molecule has 1 aromatic rings. The maximum atomic E-state index is 13.5. The number of aromatic nitrogens is 2. The second kappa shape index (κ2) is 7.62. The van der Waals surface area contributed by atoms with Crippen LogP contribution in [0.3, 0.4) is 0 Å². The van der Waals surface area contributed by atoms with E-state index in [4.69, 9.17) is 4.99 Å². The van der Waals surface area contributed by atoms with Gasteiger partial charge in [0.15, 0.2) is 11.5 Å². The molecular weight excluding hydrogens is 425 g/mol. The number of amidine groups is 1. The van der Waals surface area contributed by atoms with Crippen molar-refractivity contribution in [3.05, 3.63) is 35.6 Å². The fraction of sp³-hybridized carbons (Fsp3) is 0.550. The molecule has 0 spiro atoms. The van der Waals surface area contributed by atoms with Crippen molar-refractivity contribution in [1.82, 2.24) is 30.4 Å². The van der Waals surface area contributed by atoms with Gasteiger partial charge in [-0.05, 0) is 32.8 Å². The molecule has 0 radical (unpaired) electrons. The summed E-state index contributed by atoms with van der Waals surface area (Å²) < 4.78 is 41.5. The van der Waals surface area contributed by atoms with Crippen LogP contribution in [-0.4, -0.2) is 63.2 Å². The van der Waals surface area contributed by atoms with Crippen molar-refractivity contribution in [2.75, 3.05) is 25.0 Å². The number of carbonyl (C=O) groups is 1. The topological polar surface area (TPSA) is 89.8 Å². The molecule has 3 saturated heterocycles. The molecule has 5 aliphatic heterocycles. The second-order valence-electron chi connectivity index (χ2n) is 8.70. The third-order valence-corrected chi connectivity index (χ3v) is 6.21. The number of aliphatic imine (C=N–C) groups is 1. The summed E-state index contributed by atoms with van der Waals surface area (Å²) in [5.41, 5.74) is 1.83. The van der Waals surface area contributed by atoms with Crippen molar-refractivity contribution in [1.29, 1.82) is 0 Å². The Kier molecular flexibility index (Phi) is 5.01. The first kappa shape index (κ1) is 21.0. The molecule has 6 heterocycles. The number of piperazine rings is 1. The number of halogens is 3. The first-order chi connectivity index (χ1) is 15.2. The van der Waals surface area contributed by atoms with Crippen LogP contribution < -0.4 is 16.1 Å². The van der Waals surface area contributed by atoms with Crippen LogP contribution in [0.1, 0.15) is 38.4 Å². The van der Waals surface area contributed by atoms with Crippen molar-refractivity contribution in [3.63, 3.8) is 0 Å². The first-order valence-corrected chi connectivity index (χ1v) is 10.7. The van der Waals surface area contributed by atoms with Crippen LogP contribution in [-0.2, 0) is 11.0 Å². The minimum Gasteiger partial charge on any atom is -0.351 e. The van der Waals surface area contributed by atoms with Gasteiger partial charge in [-0.1, -0.05) is 0 Å². The molecule has 2 bridgehead atoms. The fourth-order valence-electron chi connectivity index (χ4n) is 4.48. The van der Waals surface area contributed by atoms with Crippen molar-refractivity contribution in [3.8, 4) is 0 Å². The normalized spacial score (nSPS) is 25.0. The Bertz CT molecular complexity index is 1020. The Morgan fingerprint density at radius 1 is 1.31 bits per heavy atom. The van der Waals surface area contributed by atoms with E-state index in [-0.39, 0.29) is 23.8 Å². The van der Waals surface area contributed by atoms with E-state index in [1.54, 1.807) is 25.1 Å². The van der Waals surface area contributed by atoms with Crippen LogP contribution in [0.25, 0.3) is 0 Å². The molecule has 32 heavy (non-hydrogen) atoms. The van der Waals surface area contributed by atoms with Crippen LogP contribution >= 0.6 is 0 Å². The molecule has 2 atom stereocenters. The van der Waals surface area contributed by atoms with Crippen LogP contribution in [0.2, 0.25) is 0 Å². The van der Waals surface area contributed by atoms with E-state index in [0.717, 1.165) is 31.8 Å². The number of hydrazine groups is 1. The first-order valence-electron chi connectivity index (χ1n) is 10.7. The zero-order chi connectivity index (χ0) is 22.6. The number of amides is 1. The molecule has 9 nitrogen and oxygen atoms in total. The summed E-state index contributed by atoms with van der Waals surface area (Å²) in [6, 6.07) is 0.488. The van der Waals surface area contributed by atoms with E-state index in [1.807, 2.05) is 6.08 Å². The van der Waals surface area contributed by atoms with Gasteiger partial charge < -0.3 is 15.5 Å². The number of hydrogen-bond acceptors (Lipinski definition) is 7. The van der Waals surface area contributed by atoms with Gasteiger partial charge in [0, 0.05) is 50.2 Å². The highest BCUT2D eigenvalue weighted by Gasteiger charge is 2.40. The van der Waals surface area contributed by atoms with E-state index >= 15 is 0 Å². The Labute approximate surface area is 183 Å². The number of alkyl halides is 3. The molecule has 0 saturated carbocycles. The van der Waals surface area contributed by atoms with Gasteiger partial charge in [-0.15, -0.1) is 0 Å². The quantitative estimate of drug-likeness (QED) is 0.651. The number of fused-ring (bicyclic) bond motifs is 4. The molecule has 1 amide bonds. The summed E-state index contributed by atoms with van der Waals surface area (Å²) in [5, 5.41) is 11.1.